The molecule has 1 saturated carbocycles. The van der Waals surface area contributed by atoms with Crippen molar-refractivity contribution in [3.63, 3.8) is 0 Å². The molecule has 1 heteroatoms. The van der Waals surface area contributed by atoms with Gasteiger partial charge in [0.05, 0.1) is 0 Å². The lowest BCUT2D eigenvalue weighted by molar-refractivity contribution is 0.356. The molecule has 0 nitrogen and oxygen atoms in total. The van der Waals surface area contributed by atoms with Gasteiger partial charge in [-0.2, -0.15) is 0 Å². The third kappa shape index (κ3) is 2.97. The summed E-state index contributed by atoms with van der Waals surface area (Å²) in [6.45, 7) is 0. The van der Waals surface area contributed by atoms with Gasteiger partial charge in [0.1, 0.15) is 0 Å². The van der Waals surface area contributed by atoms with E-state index in [1.54, 1.807) is 0 Å². The van der Waals surface area contributed by atoms with Crippen molar-refractivity contribution in [2.45, 2.75) is 38.5 Å². The minimum Gasteiger partial charge on any atom is -0.0609 e. The predicted molar refractivity (Wildman–Crippen MR) is 69.4 cm³/mol. The van der Waals surface area contributed by atoms with E-state index >= 15 is 0 Å². The molecule has 0 bridgehead atoms. The fourth-order valence-corrected chi connectivity index (χ4v) is 3.00. The van der Waals surface area contributed by atoms with Gasteiger partial charge in [-0.1, -0.05) is 44.2 Å². The zero-order valence-electron chi connectivity index (χ0n) is 8.51. The van der Waals surface area contributed by atoms with Crippen molar-refractivity contribution in [1.29, 1.82) is 0 Å². The van der Waals surface area contributed by atoms with Crippen molar-refractivity contribution in [2.24, 2.45) is 5.92 Å². The maximum atomic E-state index is 2.40. The average molecular weight is 300 g/mol. The highest BCUT2D eigenvalue weighted by molar-refractivity contribution is 14.1. The van der Waals surface area contributed by atoms with Crippen LogP contribution in [0.2, 0.25) is 0 Å². The van der Waals surface area contributed by atoms with E-state index in [0.717, 1.165) is 5.92 Å². The van der Waals surface area contributed by atoms with Crippen LogP contribution in [0.4, 0.5) is 0 Å². The lowest BCUT2D eigenvalue weighted by Gasteiger charge is -2.21. The second-order valence-corrected chi connectivity index (χ2v) is 5.58. The van der Waals surface area contributed by atoms with Gasteiger partial charge >= 0.3 is 0 Å². The van der Waals surface area contributed by atoms with Crippen LogP contribution in [0.3, 0.4) is 0 Å². The fraction of sp³-hybridized carbons (Fsp3) is 0.538. The number of halogens is 1. The van der Waals surface area contributed by atoms with Gasteiger partial charge in [-0.05, 0) is 52.6 Å². The summed E-state index contributed by atoms with van der Waals surface area (Å²) in [5.74, 6) is 0.960. The summed E-state index contributed by atoms with van der Waals surface area (Å²) in [7, 11) is 0. The zero-order valence-corrected chi connectivity index (χ0v) is 10.7. The van der Waals surface area contributed by atoms with Crippen LogP contribution in [0.5, 0.6) is 0 Å². The van der Waals surface area contributed by atoms with Crippen molar-refractivity contribution in [2.75, 3.05) is 0 Å². The molecule has 14 heavy (non-hydrogen) atoms. The van der Waals surface area contributed by atoms with E-state index in [4.69, 9.17) is 0 Å². The van der Waals surface area contributed by atoms with Crippen LogP contribution in [0.1, 0.15) is 37.7 Å². The SMILES string of the molecule is Ic1cccc(CC2CCCCC2)c1. The van der Waals surface area contributed by atoms with E-state index in [9.17, 15) is 0 Å². The summed E-state index contributed by atoms with van der Waals surface area (Å²) in [6, 6.07) is 8.96. The number of hydrogen-bond acceptors (Lipinski definition) is 0. The molecule has 0 spiro atoms. The lowest BCUT2D eigenvalue weighted by Crippen LogP contribution is -2.09. The predicted octanol–water partition coefficient (Wildman–Crippen LogP) is 4.41. The summed E-state index contributed by atoms with van der Waals surface area (Å²) in [5.41, 5.74) is 1.53. The van der Waals surface area contributed by atoms with E-state index in [-0.39, 0.29) is 0 Å². The normalized spacial score (nSPS) is 18.4. The Labute approximate surface area is 100 Å². The Bertz CT molecular complexity index is 287. The Morgan fingerprint density at radius 2 is 1.93 bits per heavy atom. The number of benzene rings is 1. The van der Waals surface area contributed by atoms with Crippen LogP contribution < -0.4 is 0 Å². The molecule has 1 fully saturated rings. The summed E-state index contributed by atoms with van der Waals surface area (Å²) < 4.78 is 1.37. The minimum absolute atomic E-state index is 0.960. The first-order valence-corrected chi connectivity index (χ1v) is 6.67. The van der Waals surface area contributed by atoms with Gasteiger partial charge in [0.15, 0.2) is 0 Å². The van der Waals surface area contributed by atoms with E-state index in [1.807, 2.05) is 0 Å². The molecule has 1 aliphatic rings. The minimum atomic E-state index is 0.960. The Morgan fingerprint density at radius 3 is 2.64 bits per heavy atom. The first-order chi connectivity index (χ1) is 6.84. The van der Waals surface area contributed by atoms with Crippen LogP contribution in [0.15, 0.2) is 24.3 Å². The van der Waals surface area contributed by atoms with Gasteiger partial charge in [0.2, 0.25) is 0 Å². The van der Waals surface area contributed by atoms with E-state index in [2.05, 4.69) is 46.9 Å². The third-order valence-corrected chi connectivity index (χ3v) is 3.81. The molecule has 0 N–H and O–H groups in total. The lowest BCUT2D eigenvalue weighted by atomic mass is 9.85. The summed E-state index contributed by atoms with van der Waals surface area (Å²) in [5, 5.41) is 0. The van der Waals surface area contributed by atoms with Crippen molar-refractivity contribution in [3.8, 4) is 0 Å². The first kappa shape index (κ1) is 10.5. The van der Waals surface area contributed by atoms with E-state index < -0.39 is 0 Å². The topological polar surface area (TPSA) is 0 Å². The van der Waals surface area contributed by atoms with Crippen LogP contribution in [-0.4, -0.2) is 0 Å². The molecule has 1 aromatic carbocycles. The maximum Gasteiger partial charge on any atom is 0.0133 e. The highest BCUT2D eigenvalue weighted by atomic mass is 127. The Kier molecular flexibility index (Phi) is 3.85. The van der Waals surface area contributed by atoms with Crippen LogP contribution >= 0.6 is 22.6 Å². The van der Waals surface area contributed by atoms with Gasteiger partial charge in [-0.3, -0.25) is 0 Å². The monoisotopic (exact) mass is 300 g/mol. The van der Waals surface area contributed by atoms with E-state index in [0.29, 0.717) is 0 Å². The molecule has 0 heterocycles. The van der Waals surface area contributed by atoms with Crippen molar-refractivity contribution in [1.82, 2.24) is 0 Å². The quantitative estimate of drug-likeness (QED) is 0.710. The smallest absolute Gasteiger partial charge is 0.0133 e. The number of hydrogen-bond donors (Lipinski definition) is 0. The Balaban J connectivity index is 1.95. The Morgan fingerprint density at radius 1 is 1.14 bits per heavy atom. The van der Waals surface area contributed by atoms with E-state index in [1.165, 1.54) is 47.7 Å². The average Bonchev–Trinajstić information content (AvgIpc) is 2.19. The standard InChI is InChI=1S/C13H17I/c14-13-8-4-7-12(10-13)9-11-5-2-1-3-6-11/h4,7-8,10-11H,1-3,5-6,9H2. The molecule has 0 aromatic heterocycles. The molecule has 0 atom stereocenters. The second kappa shape index (κ2) is 5.15. The molecule has 1 aromatic rings. The van der Waals surface area contributed by atoms with Gasteiger partial charge in [0.25, 0.3) is 0 Å². The third-order valence-electron chi connectivity index (χ3n) is 3.14. The van der Waals surface area contributed by atoms with Gasteiger partial charge in [-0.25, -0.2) is 0 Å². The number of rotatable bonds is 2. The maximum absolute atomic E-state index is 2.40. The summed E-state index contributed by atoms with van der Waals surface area (Å²) in [4.78, 5) is 0. The highest BCUT2D eigenvalue weighted by Crippen LogP contribution is 2.27. The van der Waals surface area contributed by atoms with Crippen LogP contribution in [0.25, 0.3) is 0 Å². The molecule has 76 valence electrons. The van der Waals surface area contributed by atoms with Crippen LogP contribution in [-0.2, 0) is 6.42 Å². The molecular weight excluding hydrogens is 283 g/mol. The second-order valence-electron chi connectivity index (χ2n) is 4.34. The highest BCUT2D eigenvalue weighted by Gasteiger charge is 2.13. The molecule has 0 aliphatic heterocycles. The van der Waals surface area contributed by atoms with Crippen molar-refractivity contribution >= 4 is 22.6 Å². The van der Waals surface area contributed by atoms with Crippen molar-refractivity contribution < 1.29 is 0 Å². The molecule has 1 aliphatic carbocycles. The molecule has 2 rings (SSSR count). The first-order valence-electron chi connectivity index (χ1n) is 5.59. The summed E-state index contributed by atoms with van der Waals surface area (Å²) >= 11 is 2.40. The molecule has 0 saturated heterocycles. The largest absolute Gasteiger partial charge is 0.0609 e. The fourth-order valence-electron chi connectivity index (χ4n) is 2.39. The zero-order chi connectivity index (χ0) is 9.80. The van der Waals surface area contributed by atoms with Crippen LogP contribution in [0, 0.1) is 9.49 Å². The van der Waals surface area contributed by atoms with Gasteiger partial charge in [-0.15, -0.1) is 0 Å². The van der Waals surface area contributed by atoms with Gasteiger partial charge < -0.3 is 0 Å². The van der Waals surface area contributed by atoms with Gasteiger partial charge in [0, 0.05) is 3.57 Å². The molecule has 0 unspecified atom stereocenters. The Hall–Kier alpha value is -0.0500. The molecular formula is C13H17I. The summed E-state index contributed by atoms with van der Waals surface area (Å²) in [6.07, 6.45) is 8.57. The molecule has 0 radical (unpaired) electrons. The van der Waals surface area contributed by atoms with Crippen molar-refractivity contribution in [3.05, 3.63) is 33.4 Å². The molecule has 0 amide bonds.